The molecule has 2 aromatic rings. The third kappa shape index (κ3) is 1.35. The standard InChI is InChI=1S/C11H10N2O/c1-2-8-4-3-5-9-11(8)14-10(13-9)6-7-12/h3-5H,2,6H2,1H3. The number of hydrogen-bond donors (Lipinski definition) is 0. The fraction of sp³-hybridized carbons (Fsp3) is 0.273. The summed E-state index contributed by atoms with van der Waals surface area (Å²) in [4.78, 5) is 4.22. The first-order chi connectivity index (χ1) is 6.85. The lowest BCUT2D eigenvalue weighted by atomic mass is 10.1. The second-order valence-electron chi connectivity index (χ2n) is 3.06. The van der Waals surface area contributed by atoms with Gasteiger partial charge in [-0.2, -0.15) is 5.26 Å². The van der Waals surface area contributed by atoms with Crippen molar-refractivity contribution in [2.45, 2.75) is 19.8 Å². The van der Waals surface area contributed by atoms with Gasteiger partial charge in [-0.1, -0.05) is 19.1 Å². The van der Waals surface area contributed by atoms with Crippen LogP contribution in [0.3, 0.4) is 0 Å². The Bertz CT molecular complexity index is 493. The normalized spacial score (nSPS) is 10.3. The maximum atomic E-state index is 8.52. The molecule has 0 spiro atoms. The maximum Gasteiger partial charge on any atom is 0.209 e. The Balaban J connectivity index is 2.59. The van der Waals surface area contributed by atoms with Gasteiger partial charge in [-0.05, 0) is 18.1 Å². The number of aromatic nitrogens is 1. The smallest absolute Gasteiger partial charge is 0.209 e. The summed E-state index contributed by atoms with van der Waals surface area (Å²) in [5, 5.41) is 8.52. The van der Waals surface area contributed by atoms with Crippen molar-refractivity contribution < 1.29 is 4.42 Å². The highest BCUT2D eigenvalue weighted by atomic mass is 16.3. The molecule has 2 rings (SSSR count). The molecule has 70 valence electrons. The van der Waals surface area contributed by atoms with Gasteiger partial charge in [0.25, 0.3) is 0 Å². The van der Waals surface area contributed by atoms with Crippen LogP contribution in [-0.2, 0) is 12.8 Å². The molecule has 14 heavy (non-hydrogen) atoms. The summed E-state index contributed by atoms with van der Waals surface area (Å²) in [5.41, 5.74) is 2.80. The van der Waals surface area contributed by atoms with E-state index in [0.29, 0.717) is 5.89 Å². The number of fused-ring (bicyclic) bond motifs is 1. The van der Waals surface area contributed by atoms with Gasteiger partial charge in [-0.25, -0.2) is 4.98 Å². The van der Waals surface area contributed by atoms with Crippen LogP contribution in [0.1, 0.15) is 18.4 Å². The molecular formula is C11H10N2O. The molecule has 0 fully saturated rings. The van der Waals surface area contributed by atoms with Crippen molar-refractivity contribution in [3.05, 3.63) is 29.7 Å². The molecule has 3 heteroatoms. The summed E-state index contributed by atoms with van der Waals surface area (Å²) < 4.78 is 5.50. The van der Waals surface area contributed by atoms with Crippen LogP contribution in [0, 0.1) is 11.3 Å². The third-order valence-corrected chi connectivity index (χ3v) is 2.15. The molecule has 0 saturated carbocycles. The Kier molecular flexibility index (Phi) is 2.19. The molecule has 0 radical (unpaired) electrons. The number of oxazole rings is 1. The number of hydrogen-bond acceptors (Lipinski definition) is 3. The summed E-state index contributed by atoms with van der Waals surface area (Å²) in [6, 6.07) is 7.90. The molecule has 3 nitrogen and oxygen atoms in total. The molecule has 1 aromatic carbocycles. The van der Waals surface area contributed by atoms with Crippen molar-refractivity contribution in [1.82, 2.24) is 4.98 Å². The maximum absolute atomic E-state index is 8.52. The SMILES string of the molecule is CCc1cccc2nc(CC#N)oc12. The first-order valence-corrected chi connectivity index (χ1v) is 4.59. The molecular weight excluding hydrogens is 176 g/mol. The van der Waals surface area contributed by atoms with Crippen LogP contribution in [0.4, 0.5) is 0 Å². The van der Waals surface area contributed by atoms with E-state index in [9.17, 15) is 0 Å². The molecule has 0 saturated heterocycles. The van der Waals surface area contributed by atoms with Gasteiger partial charge in [0, 0.05) is 0 Å². The van der Waals surface area contributed by atoms with E-state index in [4.69, 9.17) is 9.68 Å². The molecule has 0 aliphatic rings. The summed E-state index contributed by atoms with van der Waals surface area (Å²) >= 11 is 0. The fourth-order valence-corrected chi connectivity index (χ4v) is 1.47. The predicted octanol–water partition coefficient (Wildman–Crippen LogP) is 2.46. The minimum atomic E-state index is 0.234. The number of nitrogens with zero attached hydrogens (tertiary/aromatic N) is 2. The van der Waals surface area contributed by atoms with Gasteiger partial charge in [-0.15, -0.1) is 0 Å². The lowest BCUT2D eigenvalue weighted by Gasteiger charge is -1.94. The predicted molar refractivity (Wildman–Crippen MR) is 52.7 cm³/mol. The molecule has 0 unspecified atom stereocenters. The van der Waals surface area contributed by atoms with Gasteiger partial charge in [0.2, 0.25) is 5.89 Å². The highest BCUT2D eigenvalue weighted by molar-refractivity contribution is 5.76. The average molecular weight is 186 g/mol. The van der Waals surface area contributed by atoms with Gasteiger partial charge < -0.3 is 4.42 Å². The van der Waals surface area contributed by atoms with E-state index in [1.54, 1.807) is 0 Å². The molecule has 0 bridgehead atoms. The Morgan fingerprint density at radius 3 is 3.07 bits per heavy atom. The van der Waals surface area contributed by atoms with E-state index in [0.717, 1.165) is 23.1 Å². The first-order valence-electron chi connectivity index (χ1n) is 4.59. The van der Waals surface area contributed by atoms with Crippen LogP contribution in [0.5, 0.6) is 0 Å². The van der Waals surface area contributed by atoms with E-state index >= 15 is 0 Å². The number of rotatable bonds is 2. The summed E-state index contributed by atoms with van der Waals surface area (Å²) in [6.45, 7) is 2.07. The number of nitriles is 1. The topological polar surface area (TPSA) is 49.8 Å². The summed E-state index contributed by atoms with van der Waals surface area (Å²) in [6.07, 6.45) is 1.15. The molecule has 1 aromatic heterocycles. The zero-order chi connectivity index (χ0) is 9.97. The van der Waals surface area contributed by atoms with Crippen molar-refractivity contribution >= 4 is 11.1 Å². The Labute approximate surface area is 82.0 Å². The van der Waals surface area contributed by atoms with Gasteiger partial charge in [0.15, 0.2) is 5.58 Å². The van der Waals surface area contributed by atoms with Crippen molar-refractivity contribution in [1.29, 1.82) is 5.26 Å². The van der Waals surface area contributed by atoms with Crippen molar-refractivity contribution in [2.75, 3.05) is 0 Å². The first kappa shape index (κ1) is 8.76. The van der Waals surface area contributed by atoms with Crippen LogP contribution in [0.2, 0.25) is 0 Å². The second-order valence-corrected chi connectivity index (χ2v) is 3.06. The van der Waals surface area contributed by atoms with E-state index in [1.807, 2.05) is 24.3 Å². The van der Waals surface area contributed by atoms with Gasteiger partial charge in [-0.3, -0.25) is 0 Å². The van der Waals surface area contributed by atoms with Crippen LogP contribution < -0.4 is 0 Å². The Morgan fingerprint density at radius 1 is 1.50 bits per heavy atom. The van der Waals surface area contributed by atoms with Crippen LogP contribution in [-0.4, -0.2) is 4.98 Å². The van der Waals surface area contributed by atoms with Crippen molar-refractivity contribution in [3.8, 4) is 6.07 Å². The summed E-state index contributed by atoms with van der Waals surface area (Å²) in [7, 11) is 0. The minimum absolute atomic E-state index is 0.234. The fourth-order valence-electron chi connectivity index (χ4n) is 1.47. The largest absolute Gasteiger partial charge is 0.439 e. The monoisotopic (exact) mass is 186 g/mol. The zero-order valence-electron chi connectivity index (χ0n) is 7.95. The van der Waals surface area contributed by atoms with E-state index in [-0.39, 0.29) is 6.42 Å². The van der Waals surface area contributed by atoms with Crippen LogP contribution in [0.25, 0.3) is 11.1 Å². The second kappa shape index (κ2) is 3.51. The molecule has 1 heterocycles. The molecule has 0 atom stereocenters. The highest BCUT2D eigenvalue weighted by Gasteiger charge is 2.07. The van der Waals surface area contributed by atoms with E-state index in [2.05, 4.69) is 11.9 Å². The quantitative estimate of drug-likeness (QED) is 0.723. The Hall–Kier alpha value is -1.82. The van der Waals surface area contributed by atoms with E-state index < -0.39 is 0 Å². The van der Waals surface area contributed by atoms with Gasteiger partial charge in [0.1, 0.15) is 11.9 Å². The minimum Gasteiger partial charge on any atom is -0.439 e. The van der Waals surface area contributed by atoms with Crippen LogP contribution >= 0.6 is 0 Å². The molecule has 0 N–H and O–H groups in total. The van der Waals surface area contributed by atoms with Gasteiger partial charge in [0.05, 0.1) is 6.07 Å². The lowest BCUT2D eigenvalue weighted by Crippen LogP contribution is -1.79. The lowest BCUT2D eigenvalue weighted by molar-refractivity contribution is 0.545. The van der Waals surface area contributed by atoms with E-state index in [1.165, 1.54) is 0 Å². The number of benzene rings is 1. The van der Waals surface area contributed by atoms with Crippen molar-refractivity contribution in [2.24, 2.45) is 0 Å². The highest BCUT2D eigenvalue weighted by Crippen LogP contribution is 2.20. The number of para-hydroxylation sites is 1. The summed E-state index contributed by atoms with van der Waals surface area (Å²) in [5.74, 6) is 0.503. The molecule has 0 aliphatic carbocycles. The molecule has 0 aliphatic heterocycles. The Morgan fingerprint density at radius 2 is 2.36 bits per heavy atom. The number of aryl methyl sites for hydroxylation is 1. The van der Waals surface area contributed by atoms with Crippen LogP contribution in [0.15, 0.2) is 22.6 Å². The van der Waals surface area contributed by atoms with Crippen molar-refractivity contribution in [3.63, 3.8) is 0 Å². The van der Waals surface area contributed by atoms with Gasteiger partial charge >= 0.3 is 0 Å². The molecule has 0 amide bonds. The zero-order valence-corrected chi connectivity index (χ0v) is 7.95. The average Bonchev–Trinajstić information content (AvgIpc) is 2.60. The third-order valence-electron chi connectivity index (χ3n) is 2.15.